The Morgan fingerprint density at radius 2 is 1.71 bits per heavy atom. The molecule has 0 saturated carbocycles. The Hall–Kier alpha value is -5.00. The molecule has 258 valence electrons. The number of carboxylic acid groups (broad SMARTS) is 1. The molecule has 4 rings (SSSR count). The number of aryl methyl sites for hydroxylation is 1. The lowest BCUT2D eigenvalue weighted by Gasteiger charge is -2.25. The van der Waals surface area contributed by atoms with Crippen molar-refractivity contribution in [3.05, 3.63) is 95.6 Å². The lowest BCUT2D eigenvalue weighted by molar-refractivity contribution is -0.192. The van der Waals surface area contributed by atoms with Gasteiger partial charge in [0, 0.05) is 18.5 Å². The lowest BCUT2D eigenvalue weighted by atomic mass is 9.98. The van der Waals surface area contributed by atoms with E-state index in [1.54, 1.807) is 36.3 Å². The van der Waals surface area contributed by atoms with Crippen molar-refractivity contribution in [3.8, 4) is 0 Å². The van der Waals surface area contributed by atoms with Gasteiger partial charge in [-0.3, -0.25) is 19.8 Å². The van der Waals surface area contributed by atoms with Crippen LogP contribution in [0.2, 0.25) is 0 Å². The number of halogens is 3. The van der Waals surface area contributed by atoms with Crippen LogP contribution in [0.1, 0.15) is 35.6 Å². The molecule has 0 radical (unpaired) electrons. The molecule has 48 heavy (non-hydrogen) atoms. The first-order chi connectivity index (χ1) is 22.5. The lowest BCUT2D eigenvalue weighted by Crippen LogP contribution is -2.49. The Bertz CT molecular complexity index is 1710. The van der Waals surface area contributed by atoms with Crippen LogP contribution in [-0.2, 0) is 34.0 Å². The highest BCUT2D eigenvalue weighted by atomic mass is 32.2. The van der Waals surface area contributed by atoms with Gasteiger partial charge in [-0.15, -0.1) is 0 Å². The van der Waals surface area contributed by atoms with Gasteiger partial charge >= 0.3 is 18.1 Å². The fourth-order valence-corrected chi connectivity index (χ4v) is 5.85. The summed E-state index contributed by atoms with van der Waals surface area (Å²) < 4.78 is 64.6. The van der Waals surface area contributed by atoms with E-state index in [0.717, 1.165) is 23.9 Å². The van der Waals surface area contributed by atoms with Crippen molar-refractivity contribution < 1.29 is 50.7 Å². The average molecular weight is 694 g/mol. The van der Waals surface area contributed by atoms with Crippen LogP contribution in [0.15, 0.2) is 83.8 Å². The maximum atomic E-state index is 12.9. The summed E-state index contributed by atoms with van der Waals surface area (Å²) >= 11 is 0. The van der Waals surface area contributed by atoms with Crippen molar-refractivity contribution >= 4 is 39.4 Å². The van der Waals surface area contributed by atoms with E-state index >= 15 is 0 Å². The topological polar surface area (TPSA) is 201 Å². The summed E-state index contributed by atoms with van der Waals surface area (Å²) in [6, 6.07) is 21.5. The number of amides is 1. The van der Waals surface area contributed by atoms with E-state index in [1.807, 2.05) is 42.5 Å². The van der Waals surface area contributed by atoms with Gasteiger partial charge in [0.15, 0.2) is 0 Å². The summed E-state index contributed by atoms with van der Waals surface area (Å²) in [5, 5.41) is 19.2. The van der Waals surface area contributed by atoms with Crippen LogP contribution in [0.5, 0.6) is 0 Å². The molecule has 0 bridgehead atoms. The van der Waals surface area contributed by atoms with E-state index in [-0.39, 0.29) is 29.7 Å². The van der Waals surface area contributed by atoms with Crippen LogP contribution >= 0.6 is 0 Å². The van der Waals surface area contributed by atoms with Crippen LogP contribution in [0, 0.1) is 12.3 Å². The quantitative estimate of drug-likeness (QED) is 0.113. The fourth-order valence-electron chi connectivity index (χ4n) is 4.56. The molecule has 1 saturated heterocycles. The minimum Gasteiger partial charge on any atom is -0.475 e. The van der Waals surface area contributed by atoms with E-state index in [0.29, 0.717) is 12.0 Å². The second-order valence-electron chi connectivity index (χ2n) is 10.5. The normalized spacial score (nSPS) is 16.6. The number of alkyl halides is 3. The van der Waals surface area contributed by atoms with E-state index < -0.39 is 46.2 Å². The summed E-state index contributed by atoms with van der Waals surface area (Å²) in [5.41, 5.74) is 8.68. The van der Waals surface area contributed by atoms with E-state index in [9.17, 15) is 31.2 Å². The molecular weight excluding hydrogens is 659 g/mol. The molecule has 0 unspecified atom stereocenters. The second kappa shape index (κ2) is 16.2. The molecule has 1 heterocycles. The number of rotatable bonds is 11. The van der Waals surface area contributed by atoms with Crippen molar-refractivity contribution in [2.75, 3.05) is 18.7 Å². The van der Waals surface area contributed by atoms with Gasteiger partial charge in [0.25, 0.3) is 0 Å². The molecule has 6 N–H and O–H groups in total. The number of carbonyl (C=O) groups excluding carboxylic acids is 2. The minimum absolute atomic E-state index is 0.000431. The molecule has 1 amide bonds. The number of para-hydroxylation sites is 1. The van der Waals surface area contributed by atoms with Crippen molar-refractivity contribution in [3.63, 3.8) is 0 Å². The first kappa shape index (κ1) is 37.5. The number of nitrogens with zero attached hydrogens (tertiary/aromatic N) is 1. The van der Waals surface area contributed by atoms with Crippen molar-refractivity contribution in [2.45, 2.75) is 49.0 Å². The summed E-state index contributed by atoms with van der Waals surface area (Å²) in [7, 11) is -2.90. The molecule has 1 fully saturated rings. The Kier molecular flexibility index (Phi) is 12.6. The Labute approximate surface area is 274 Å². The molecule has 0 spiro atoms. The van der Waals surface area contributed by atoms with Crippen molar-refractivity contribution in [1.29, 1.82) is 5.41 Å². The summed E-state index contributed by atoms with van der Waals surface area (Å²) in [5.74, 6) is -4.03. The smallest absolute Gasteiger partial charge is 0.475 e. The van der Waals surface area contributed by atoms with Gasteiger partial charge in [-0.25, -0.2) is 18.3 Å². The van der Waals surface area contributed by atoms with Gasteiger partial charge in [-0.2, -0.15) is 17.9 Å². The van der Waals surface area contributed by atoms with Crippen LogP contribution in [-0.4, -0.2) is 69.2 Å². The number of ether oxygens (including phenoxy) is 1. The number of sulfonamides is 1. The number of hydroxylamine groups is 1. The third-order valence-corrected chi connectivity index (χ3v) is 8.36. The molecule has 0 aliphatic carbocycles. The van der Waals surface area contributed by atoms with Crippen molar-refractivity contribution in [2.24, 2.45) is 5.73 Å². The number of methoxy groups -OCH3 is 1. The number of esters is 1. The fraction of sp³-hybridized carbons (Fsp3) is 0.290. The molecule has 17 heteroatoms. The summed E-state index contributed by atoms with van der Waals surface area (Å²) in [4.78, 5) is 40.4. The average Bonchev–Trinajstić information content (AvgIpc) is 3.46. The SMILES string of the molecule is COC(=O)[C@H](CNC(=O)C[C@H]1C[C@@H](c2ccc(C(=N)N)cc2)N(c2ccccc2)O1)NS(=O)(=O)c1cccc(C)c1.O=C(O)C(F)(F)F. The van der Waals surface area contributed by atoms with E-state index in [4.69, 9.17) is 30.6 Å². The zero-order valence-electron chi connectivity index (χ0n) is 25.7. The highest BCUT2D eigenvalue weighted by Crippen LogP contribution is 2.39. The Morgan fingerprint density at radius 3 is 2.25 bits per heavy atom. The van der Waals surface area contributed by atoms with Crippen LogP contribution in [0.4, 0.5) is 18.9 Å². The highest BCUT2D eigenvalue weighted by molar-refractivity contribution is 7.89. The third kappa shape index (κ3) is 10.5. The molecule has 3 atom stereocenters. The van der Waals surface area contributed by atoms with Gasteiger partial charge in [-0.1, -0.05) is 54.6 Å². The highest BCUT2D eigenvalue weighted by Gasteiger charge is 2.38. The summed E-state index contributed by atoms with van der Waals surface area (Å²) in [6.07, 6.45) is -5.11. The zero-order valence-corrected chi connectivity index (χ0v) is 26.5. The number of aliphatic carboxylic acids is 1. The van der Waals surface area contributed by atoms with Gasteiger partial charge < -0.3 is 20.9 Å². The number of amidine groups is 1. The number of hydrogen-bond donors (Lipinski definition) is 5. The molecule has 0 aromatic heterocycles. The Balaban J connectivity index is 0.000000804. The number of nitrogen functional groups attached to an aromatic ring is 1. The van der Waals surface area contributed by atoms with Gasteiger partial charge in [0.2, 0.25) is 15.9 Å². The van der Waals surface area contributed by atoms with Crippen molar-refractivity contribution in [1.82, 2.24) is 10.0 Å². The maximum absolute atomic E-state index is 12.9. The van der Waals surface area contributed by atoms with E-state index in [1.165, 1.54) is 12.1 Å². The van der Waals surface area contributed by atoms with Gasteiger partial charge in [0.1, 0.15) is 11.9 Å². The van der Waals surface area contributed by atoms with Crippen LogP contribution in [0.3, 0.4) is 0 Å². The molecule has 3 aromatic rings. The summed E-state index contributed by atoms with van der Waals surface area (Å²) in [6.45, 7) is 1.45. The number of carboxylic acids is 1. The predicted molar refractivity (Wildman–Crippen MR) is 167 cm³/mol. The zero-order chi connectivity index (χ0) is 35.6. The largest absolute Gasteiger partial charge is 0.490 e. The van der Waals surface area contributed by atoms with Gasteiger partial charge in [-0.05, 0) is 42.3 Å². The molecule has 13 nitrogen and oxygen atoms in total. The van der Waals surface area contributed by atoms with E-state index in [2.05, 4.69) is 10.0 Å². The molecule has 1 aliphatic heterocycles. The standard InChI is InChI=1S/C29H33N5O6S.C2HF3O2/c1-19-7-6-10-24(15-19)41(37,38)33-25(29(36)39-2)18-32-27(35)17-23-16-26(20-11-13-21(14-12-20)28(30)31)34(40-23)22-8-4-3-5-9-22;3-2(4,5)1(6)7/h3-15,23,25-26,33H,16-18H2,1-2H3,(H3,30,31)(H,32,35);(H,6,7)/t23-,25+,26+;/m1./s1. The second-order valence-corrected chi connectivity index (χ2v) is 12.2. The first-order valence-corrected chi connectivity index (χ1v) is 15.7. The first-order valence-electron chi connectivity index (χ1n) is 14.2. The molecule has 1 aliphatic rings. The molecular formula is C31H34F3N5O8S. The number of nitrogens with two attached hydrogens (primary N) is 1. The third-order valence-electron chi connectivity index (χ3n) is 6.89. The number of hydrogen-bond acceptors (Lipinski definition) is 9. The number of nitrogens with one attached hydrogen (secondary N) is 3. The Morgan fingerprint density at radius 1 is 1.08 bits per heavy atom. The number of carbonyl (C=O) groups is 3. The monoisotopic (exact) mass is 693 g/mol. The van der Waals surface area contributed by atoms with Gasteiger partial charge in [0.05, 0.1) is 36.3 Å². The molecule has 3 aromatic carbocycles. The number of anilines is 1. The van der Waals surface area contributed by atoms with Crippen LogP contribution in [0.25, 0.3) is 0 Å². The number of benzene rings is 3. The predicted octanol–water partition coefficient (Wildman–Crippen LogP) is 3.19. The maximum Gasteiger partial charge on any atom is 0.490 e. The minimum atomic E-state index is -5.08. The van der Waals surface area contributed by atoms with Crippen LogP contribution < -0.4 is 20.8 Å².